The van der Waals surface area contributed by atoms with E-state index in [0.29, 0.717) is 32.7 Å². The van der Waals surface area contributed by atoms with Gasteiger partial charge in [-0.25, -0.2) is 13.6 Å². The Bertz CT molecular complexity index is 418. The Balaban J connectivity index is 2.40. The van der Waals surface area contributed by atoms with Crippen LogP contribution in [0.1, 0.15) is 20.3 Å². The molecule has 0 aromatic rings. The van der Waals surface area contributed by atoms with Crippen molar-refractivity contribution in [1.29, 1.82) is 0 Å². The zero-order chi connectivity index (χ0) is 15.3. The van der Waals surface area contributed by atoms with Crippen molar-refractivity contribution in [3.8, 4) is 0 Å². The highest BCUT2D eigenvalue weighted by Crippen LogP contribution is 2.10. The highest BCUT2D eigenvalue weighted by molar-refractivity contribution is 7.89. The van der Waals surface area contributed by atoms with Crippen LogP contribution in [0.25, 0.3) is 0 Å². The van der Waals surface area contributed by atoms with E-state index in [4.69, 9.17) is 10.9 Å². The molecule has 0 saturated carbocycles. The molecule has 2 atom stereocenters. The molecule has 0 aliphatic carbocycles. The number of hydrogen-bond donors (Lipinski definition) is 2. The molecule has 2 unspecified atom stereocenters. The highest BCUT2D eigenvalue weighted by atomic mass is 32.2. The molecule has 0 spiro atoms. The Labute approximate surface area is 121 Å². The lowest BCUT2D eigenvalue weighted by Crippen LogP contribution is -2.55. The highest BCUT2D eigenvalue weighted by Gasteiger charge is 2.27. The lowest BCUT2D eigenvalue weighted by Gasteiger charge is -2.36. The van der Waals surface area contributed by atoms with Gasteiger partial charge in [0, 0.05) is 32.7 Å². The number of piperazine rings is 1. The van der Waals surface area contributed by atoms with Crippen LogP contribution in [0.4, 0.5) is 0 Å². The first-order valence-corrected chi connectivity index (χ1v) is 8.73. The van der Waals surface area contributed by atoms with Gasteiger partial charge >= 0.3 is 0 Å². The number of primary sulfonamides is 1. The number of hydrogen-bond acceptors (Lipinski definition) is 5. The fourth-order valence-corrected chi connectivity index (χ4v) is 2.67. The third kappa shape index (κ3) is 5.35. The Morgan fingerprint density at radius 1 is 1.25 bits per heavy atom. The molecule has 0 bridgehead atoms. The maximum atomic E-state index is 12.2. The number of nitrogens with two attached hydrogens (primary N) is 2. The van der Waals surface area contributed by atoms with E-state index in [-0.39, 0.29) is 17.6 Å². The first-order chi connectivity index (χ1) is 9.24. The van der Waals surface area contributed by atoms with Crippen LogP contribution in [0.15, 0.2) is 0 Å². The van der Waals surface area contributed by atoms with E-state index < -0.39 is 16.1 Å². The summed E-state index contributed by atoms with van der Waals surface area (Å²) in [6.07, 6.45) is 0.876. The van der Waals surface area contributed by atoms with Crippen LogP contribution in [0.3, 0.4) is 0 Å². The van der Waals surface area contributed by atoms with Gasteiger partial charge < -0.3 is 10.6 Å². The van der Waals surface area contributed by atoms with Gasteiger partial charge in [0.25, 0.3) is 0 Å². The monoisotopic (exact) mass is 306 g/mol. The van der Waals surface area contributed by atoms with Crippen LogP contribution in [0.5, 0.6) is 0 Å². The van der Waals surface area contributed by atoms with Crippen molar-refractivity contribution in [1.82, 2.24) is 9.80 Å². The molecule has 0 radical (unpaired) electrons. The van der Waals surface area contributed by atoms with Crippen molar-refractivity contribution in [3.05, 3.63) is 0 Å². The minimum Gasteiger partial charge on any atom is -0.339 e. The predicted octanol–water partition coefficient (Wildman–Crippen LogP) is -1.21. The van der Waals surface area contributed by atoms with Crippen molar-refractivity contribution in [2.24, 2.45) is 16.8 Å². The fraction of sp³-hybridized carbons (Fsp3) is 0.917. The average molecular weight is 306 g/mol. The van der Waals surface area contributed by atoms with E-state index in [9.17, 15) is 13.2 Å². The van der Waals surface area contributed by atoms with Gasteiger partial charge in [-0.3, -0.25) is 9.69 Å². The summed E-state index contributed by atoms with van der Waals surface area (Å²) in [7, 11) is -3.42. The molecule has 1 heterocycles. The minimum absolute atomic E-state index is 0.00885. The molecular formula is C12H26N4O3S. The summed E-state index contributed by atoms with van der Waals surface area (Å²) in [5.74, 6) is 0.112. The van der Waals surface area contributed by atoms with E-state index in [1.165, 1.54) is 0 Å². The molecule has 1 fully saturated rings. The number of sulfonamides is 1. The maximum absolute atomic E-state index is 12.2. The molecular weight excluding hydrogens is 280 g/mol. The number of carbonyl (C=O) groups is 1. The van der Waals surface area contributed by atoms with E-state index in [2.05, 4.69) is 0 Å². The summed E-state index contributed by atoms with van der Waals surface area (Å²) in [6, 6.07) is -0.448. The fourth-order valence-electron chi connectivity index (χ4n) is 2.16. The molecule has 1 aliphatic heterocycles. The maximum Gasteiger partial charge on any atom is 0.239 e. The van der Waals surface area contributed by atoms with Crippen molar-refractivity contribution in [3.63, 3.8) is 0 Å². The second kappa shape index (κ2) is 7.35. The number of carbonyl (C=O) groups excluding carboxylic acids is 1. The average Bonchev–Trinajstić information content (AvgIpc) is 2.42. The van der Waals surface area contributed by atoms with Crippen molar-refractivity contribution < 1.29 is 13.2 Å². The number of amides is 1. The van der Waals surface area contributed by atoms with Crippen molar-refractivity contribution in [2.45, 2.75) is 26.3 Å². The third-order valence-electron chi connectivity index (χ3n) is 3.92. The lowest BCUT2D eigenvalue weighted by molar-refractivity contribution is -0.135. The van der Waals surface area contributed by atoms with Crippen molar-refractivity contribution >= 4 is 15.9 Å². The molecule has 20 heavy (non-hydrogen) atoms. The van der Waals surface area contributed by atoms with Gasteiger partial charge in [0.1, 0.15) is 0 Å². The van der Waals surface area contributed by atoms with E-state index >= 15 is 0 Å². The van der Waals surface area contributed by atoms with Gasteiger partial charge in [0.2, 0.25) is 15.9 Å². The van der Waals surface area contributed by atoms with Gasteiger partial charge in [-0.2, -0.15) is 0 Å². The first kappa shape index (κ1) is 17.4. The molecule has 118 valence electrons. The number of rotatable bonds is 6. The topological polar surface area (TPSA) is 110 Å². The normalized spacial score (nSPS) is 20.7. The van der Waals surface area contributed by atoms with Gasteiger partial charge in [0.15, 0.2) is 0 Å². The molecule has 1 saturated heterocycles. The van der Waals surface area contributed by atoms with Crippen LogP contribution in [-0.2, 0) is 14.8 Å². The standard InChI is InChI=1S/C12H26N4O3S/c1-3-10(2)11(13)12(17)16-6-4-15(5-7-16)8-9-20(14,18)19/h10-11H,3-9,13H2,1-2H3,(H2,14,18,19). The first-order valence-electron chi connectivity index (χ1n) is 7.01. The summed E-state index contributed by atoms with van der Waals surface area (Å²) in [5, 5.41) is 4.98. The predicted molar refractivity (Wildman–Crippen MR) is 78.4 cm³/mol. The van der Waals surface area contributed by atoms with Crippen LogP contribution < -0.4 is 10.9 Å². The Hall–Kier alpha value is -0.700. The lowest BCUT2D eigenvalue weighted by atomic mass is 9.98. The van der Waals surface area contributed by atoms with Gasteiger partial charge in [0.05, 0.1) is 11.8 Å². The van der Waals surface area contributed by atoms with Crippen LogP contribution >= 0.6 is 0 Å². The molecule has 7 nitrogen and oxygen atoms in total. The zero-order valence-corrected chi connectivity index (χ0v) is 13.1. The SMILES string of the molecule is CCC(C)C(N)C(=O)N1CCN(CCS(N)(=O)=O)CC1. The van der Waals surface area contributed by atoms with Gasteiger partial charge in [-0.15, -0.1) is 0 Å². The Kier molecular flexibility index (Phi) is 6.38. The van der Waals surface area contributed by atoms with E-state index in [1.54, 1.807) is 4.90 Å². The summed E-state index contributed by atoms with van der Waals surface area (Å²) in [4.78, 5) is 16.0. The summed E-state index contributed by atoms with van der Waals surface area (Å²) < 4.78 is 21.8. The molecule has 8 heteroatoms. The Morgan fingerprint density at radius 3 is 2.25 bits per heavy atom. The molecule has 0 aromatic carbocycles. The minimum atomic E-state index is -3.42. The van der Waals surface area contributed by atoms with Crippen LogP contribution in [0, 0.1) is 5.92 Å². The Morgan fingerprint density at radius 2 is 1.80 bits per heavy atom. The molecule has 1 rings (SSSR count). The smallest absolute Gasteiger partial charge is 0.239 e. The quantitative estimate of drug-likeness (QED) is 0.640. The summed E-state index contributed by atoms with van der Waals surface area (Å²) >= 11 is 0. The van der Waals surface area contributed by atoms with Crippen molar-refractivity contribution in [2.75, 3.05) is 38.5 Å². The molecule has 4 N–H and O–H groups in total. The second-order valence-corrected chi connectivity index (χ2v) is 7.18. The van der Waals surface area contributed by atoms with Crippen LogP contribution in [-0.4, -0.2) is 68.6 Å². The molecule has 1 amide bonds. The summed E-state index contributed by atoms with van der Waals surface area (Å²) in [5.41, 5.74) is 5.95. The van der Waals surface area contributed by atoms with E-state index in [0.717, 1.165) is 6.42 Å². The van der Waals surface area contributed by atoms with E-state index in [1.807, 2.05) is 18.7 Å². The third-order valence-corrected chi connectivity index (χ3v) is 4.67. The molecule has 0 aromatic heterocycles. The second-order valence-electron chi connectivity index (χ2n) is 5.45. The summed E-state index contributed by atoms with van der Waals surface area (Å²) in [6.45, 7) is 6.91. The number of nitrogens with zero attached hydrogens (tertiary/aromatic N) is 2. The van der Waals surface area contributed by atoms with Gasteiger partial charge in [-0.1, -0.05) is 20.3 Å². The molecule has 1 aliphatic rings. The van der Waals surface area contributed by atoms with Gasteiger partial charge in [-0.05, 0) is 5.92 Å². The van der Waals surface area contributed by atoms with Crippen LogP contribution in [0.2, 0.25) is 0 Å². The zero-order valence-electron chi connectivity index (χ0n) is 12.3. The largest absolute Gasteiger partial charge is 0.339 e.